The highest BCUT2D eigenvalue weighted by atomic mass is 32.1. The second kappa shape index (κ2) is 6.13. The quantitative estimate of drug-likeness (QED) is 0.605. The number of rotatable bonds is 3. The van der Waals surface area contributed by atoms with Crippen molar-refractivity contribution in [2.75, 3.05) is 5.32 Å². The molecule has 0 saturated heterocycles. The minimum absolute atomic E-state index is 0.166. The van der Waals surface area contributed by atoms with E-state index in [1.165, 1.54) is 15.9 Å². The molecule has 0 saturated carbocycles. The predicted octanol–water partition coefficient (Wildman–Crippen LogP) is 2.53. The van der Waals surface area contributed by atoms with Gasteiger partial charge in [-0.25, -0.2) is 4.52 Å². The van der Waals surface area contributed by atoms with E-state index >= 15 is 0 Å². The summed E-state index contributed by atoms with van der Waals surface area (Å²) in [6, 6.07) is 12.6. The van der Waals surface area contributed by atoms with Crippen molar-refractivity contribution in [1.82, 2.24) is 14.2 Å². The van der Waals surface area contributed by atoms with Gasteiger partial charge in [0.25, 0.3) is 5.56 Å². The average Bonchev–Trinajstić information content (AvgIpc) is 3.24. The van der Waals surface area contributed by atoms with E-state index in [0.29, 0.717) is 27.1 Å². The maximum atomic E-state index is 12.9. The fraction of sp³-hybridized carbons (Fsp3) is 0.111. The van der Waals surface area contributed by atoms with E-state index in [-0.39, 0.29) is 18.0 Å². The van der Waals surface area contributed by atoms with Crippen LogP contribution in [-0.4, -0.2) is 20.1 Å². The van der Waals surface area contributed by atoms with Crippen molar-refractivity contribution in [3.8, 4) is 6.07 Å². The Bertz CT molecular complexity index is 1260. The molecule has 0 aliphatic rings. The summed E-state index contributed by atoms with van der Waals surface area (Å²) < 4.78 is 3.07. The van der Waals surface area contributed by atoms with Crippen LogP contribution in [0.25, 0.3) is 16.6 Å². The normalized spacial score (nSPS) is 10.9. The Morgan fingerprint density at radius 1 is 1.35 bits per heavy atom. The standard InChI is InChI=1S/C18H13N5O2S/c1-11-8-16-22(10-15(24)20-17-12(9-19)6-7-26-17)18(25)13-4-2-3-5-14(13)23(16)21-11/h2-8H,10H2,1H3,(H,20,24). The number of hydrogen-bond donors (Lipinski definition) is 1. The molecule has 0 spiro atoms. The second-order valence-electron chi connectivity index (χ2n) is 5.79. The molecular weight excluding hydrogens is 350 g/mol. The van der Waals surface area contributed by atoms with E-state index in [9.17, 15) is 9.59 Å². The van der Waals surface area contributed by atoms with Crippen LogP contribution in [0, 0.1) is 18.3 Å². The molecule has 3 aromatic heterocycles. The summed E-state index contributed by atoms with van der Waals surface area (Å²) in [6.45, 7) is 1.67. The minimum atomic E-state index is -0.373. The molecule has 1 amide bonds. The summed E-state index contributed by atoms with van der Waals surface area (Å²) in [5, 5.41) is 18.9. The van der Waals surface area contributed by atoms with Crippen LogP contribution in [0.4, 0.5) is 5.00 Å². The lowest BCUT2D eigenvalue weighted by atomic mass is 10.2. The van der Waals surface area contributed by atoms with Crippen molar-refractivity contribution < 1.29 is 4.79 Å². The number of nitrogens with zero attached hydrogens (tertiary/aromatic N) is 4. The molecule has 0 aliphatic heterocycles. The topological polar surface area (TPSA) is 92.2 Å². The molecule has 4 aromatic rings. The Morgan fingerprint density at radius 2 is 2.15 bits per heavy atom. The van der Waals surface area contributed by atoms with Gasteiger partial charge >= 0.3 is 0 Å². The van der Waals surface area contributed by atoms with Gasteiger partial charge in [0.05, 0.1) is 22.2 Å². The SMILES string of the molecule is Cc1cc2n(CC(=O)Nc3sccc3C#N)c(=O)c3ccccc3n2n1. The summed E-state index contributed by atoms with van der Waals surface area (Å²) in [5.74, 6) is -0.373. The number of hydrogen-bond acceptors (Lipinski definition) is 5. The van der Waals surface area contributed by atoms with E-state index in [2.05, 4.69) is 10.4 Å². The number of fused-ring (bicyclic) bond motifs is 3. The third kappa shape index (κ3) is 2.55. The third-order valence-corrected chi connectivity index (χ3v) is 4.87. The maximum absolute atomic E-state index is 12.9. The number of nitriles is 1. The highest BCUT2D eigenvalue weighted by Crippen LogP contribution is 2.22. The van der Waals surface area contributed by atoms with E-state index in [0.717, 1.165) is 5.69 Å². The number of aryl methyl sites for hydroxylation is 1. The van der Waals surface area contributed by atoms with Gasteiger partial charge < -0.3 is 5.32 Å². The van der Waals surface area contributed by atoms with Gasteiger partial charge in [0, 0.05) is 6.07 Å². The summed E-state index contributed by atoms with van der Waals surface area (Å²) in [5.41, 5.74) is 2.14. The Morgan fingerprint density at radius 3 is 2.96 bits per heavy atom. The fourth-order valence-electron chi connectivity index (χ4n) is 2.90. The molecule has 3 heterocycles. The van der Waals surface area contributed by atoms with E-state index < -0.39 is 0 Å². The smallest absolute Gasteiger partial charge is 0.262 e. The highest BCUT2D eigenvalue weighted by molar-refractivity contribution is 7.14. The number of benzene rings is 1. The fourth-order valence-corrected chi connectivity index (χ4v) is 3.65. The number of aromatic nitrogens is 3. The van der Waals surface area contributed by atoms with Crippen LogP contribution in [0.15, 0.2) is 46.6 Å². The van der Waals surface area contributed by atoms with Crippen molar-refractivity contribution in [2.45, 2.75) is 13.5 Å². The molecule has 7 nitrogen and oxygen atoms in total. The van der Waals surface area contributed by atoms with Gasteiger partial charge in [0.15, 0.2) is 0 Å². The molecule has 0 bridgehead atoms. The molecule has 4 rings (SSSR count). The molecule has 128 valence electrons. The molecule has 0 atom stereocenters. The predicted molar refractivity (Wildman–Crippen MR) is 99.4 cm³/mol. The maximum Gasteiger partial charge on any atom is 0.262 e. The van der Waals surface area contributed by atoms with Gasteiger partial charge in [0.2, 0.25) is 5.91 Å². The van der Waals surface area contributed by atoms with Crippen LogP contribution >= 0.6 is 11.3 Å². The number of amides is 1. The van der Waals surface area contributed by atoms with Crippen molar-refractivity contribution in [2.24, 2.45) is 0 Å². The lowest BCUT2D eigenvalue weighted by Gasteiger charge is -2.11. The molecule has 8 heteroatoms. The van der Waals surface area contributed by atoms with E-state index in [4.69, 9.17) is 5.26 Å². The lowest BCUT2D eigenvalue weighted by molar-refractivity contribution is -0.116. The van der Waals surface area contributed by atoms with Gasteiger partial charge in [-0.3, -0.25) is 14.2 Å². The zero-order valence-electron chi connectivity index (χ0n) is 13.8. The number of thiophene rings is 1. The van der Waals surface area contributed by atoms with Crippen LogP contribution in [0.3, 0.4) is 0 Å². The first-order valence-electron chi connectivity index (χ1n) is 7.84. The largest absolute Gasteiger partial charge is 0.315 e. The third-order valence-electron chi connectivity index (χ3n) is 4.04. The Hall–Kier alpha value is -3.44. The molecule has 0 radical (unpaired) electrons. The number of anilines is 1. The molecule has 1 aromatic carbocycles. The first-order valence-corrected chi connectivity index (χ1v) is 8.72. The highest BCUT2D eigenvalue weighted by Gasteiger charge is 2.16. The second-order valence-corrected chi connectivity index (χ2v) is 6.70. The van der Waals surface area contributed by atoms with Gasteiger partial charge in [-0.05, 0) is 30.5 Å². The molecule has 0 unspecified atom stereocenters. The summed E-state index contributed by atoms with van der Waals surface area (Å²) in [7, 11) is 0. The van der Waals surface area contributed by atoms with Gasteiger partial charge in [-0.15, -0.1) is 11.3 Å². The van der Waals surface area contributed by atoms with Crippen LogP contribution in [0.5, 0.6) is 0 Å². The molecule has 26 heavy (non-hydrogen) atoms. The number of carbonyl (C=O) groups excluding carboxylic acids is 1. The first-order chi connectivity index (χ1) is 12.6. The molecule has 0 aliphatic carbocycles. The Balaban J connectivity index is 1.80. The lowest BCUT2D eigenvalue weighted by Crippen LogP contribution is -2.29. The van der Waals surface area contributed by atoms with Crippen LogP contribution < -0.4 is 10.9 Å². The van der Waals surface area contributed by atoms with E-state index in [1.807, 2.05) is 25.1 Å². The molecular formula is C18H13N5O2S. The number of carbonyl (C=O) groups is 1. The minimum Gasteiger partial charge on any atom is -0.315 e. The zero-order chi connectivity index (χ0) is 18.3. The Labute approximate surface area is 151 Å². The van der Waals surface area contributed by atoms with Crippen molar-refractivity contribution in [3.63, 3.8) is 0 Å². The van der Waals surface area contributed by atoms with Gasteiger partial charge in [-0.2, -0.15) is 10.4 Å². The summed E-state index contributed by atoms with van der Waals surface area (Å²) in [6.07, 6.45) is 0. The molecule has 0 fully saturated rings. The number of nitrogens with one attached hydrogen (secondary N) is 1. The zero-order valence-corrected chi connectivity index (χ0v) is 14.6. The molecule has 1 N–H and O–H groups in total. The number of para-hydroxylation sites is 1. The summed E-state index contributed by atoms with van der Waals surface area (Å²) >= 11 is 1.27. The van der Waals surface area contributed by atoms with Gasteiger partial charge in [0.1, 0.15) is 23.3 Å². The van der Waals surface area contributed by atoms with E-state index in [1.54, 1.807) is 34.2 Å². The van der Waals surface area contributed by atoms with Crippen molar-refractivity contribution >= 4 is 38.8 Å². The van der Waals surface area contributed by atoms with Crippen molar-refractivity contribution in [3.05, 3.63) is 63.4 Å². The van der Waals surface area contributed by atoms with Crippen molar-refractivity contribution in [1.29, 1.82) is 5.26 Å². The van der Waals surface area contributed by atoms with Crippen LogP contribution in [-0.2, 0) is 11.3 Å². The van der Waals surface area contributed by atoms with Crippen LogP contribution in [0.2, 0.25) is 0 Å². The Kier molecular flexibility index (Phi) is 3.78. The monoisotopic (exact) mass is 363 g/mol. The first kappa shape index (κ1) is 16.1. The van der Waals surface area contributed by atoms with Crippen LogP contribution in [0.1, 0.15) is 11.3 Å². The van der Waals surface area contributed by atoms with Gasteiger partial charge in [-0.1, -0.05) is 12.1 Å². The average molecular weight is 363 g/mol. The summed E-state index contributed by atoms with van der Waals surface area (Å²) in [4.78, 5) is 25.4.